The molecule has 0 aliphatic carbocycles. The third-order valence-corrected chi connectivity index (χ3v) is 3.60. The lowest BCUT2D eigenvalue weighted by Gasteiger charge is -2.24. The maximum absolute atomic E-state index is 13.1. The average molecular weight is 304 g/mol. The van der Waals surface area contributed by atoms with Crippen LogP contribution in [0, 0.1) is 5.82 Å². The molecular formula is C13H19BrFNO. The summed E-state index contributed by atoms with van der Waals surface area (Å²) >= 11 is 3.17. The van der Waals surface area contributed by atoms with Crippen molar-refractivity contribution in [3.63, 3.8) is 0 Å². The predicted octanol–water partition coefficient (Wildman–Crippen LogP) is 3.40. The van der Waals surface area contributed by atoms with Crippen molar-refractivity contribution in [3.8, 4) is 0 Å². The van der Waals surface area contributed by atoms with E-state index in [0.29, 0.717) is 17.4 Å². The van der Waals surface area contributed by atoms with Gasteiger partial charge in [-0.05, 0) is 53.9 Å². The van der Waals surface area contributed by atoms with E-state index >= 15 is 0 Å². The van der Waals surface area contributed by atoms with Gasteiger partial charge in [0.15, 0.2) is 0 Å². The topological polar surface area (TPSA) is 32.3 Å². The molecule has 1 aromatic carbocycles. The molecule has 1 aromatic rings. The summed E-state index contributed by atoms with van der Waals surface area (Å²) in [6.45, 7) is 6.25. The van der Waals surface area contributed by atoms with E-state index in [9.17, 15) is 9.50 Å². The van der Waals surface area contributed by atoms with Gasteiger partial charge in [-0.25, -0.2) is 4.39 Å². The van der Waals surface area contributed by atoms with Crippen LogP contribution in [0.5, 0.6) is 0 Å². The third-order valence-electron chi connectivity index (χ3n) is 2.99. The van der Waals surface area contributed by atoms with Crippen molar-refractivity contribution in [2.24, 2.45) is 0 Å². The summed E-state index contributed by atoms with van der Waals surface area (Å²) < 4.78 is 13.5. The highest BCUT2D eigenvalue weighted by Gasteiger charge is 2.18. The summed E-state index contributed by atoms with van der Waals surface area (Å²) in [5, 5.41) is 13.1. The van der Waals surface area contributed by atoms with E-state index < -0.39 is 5.60 Å². The minimum atomic E-state index is -0.703. The average Bonchev–Trinajstić information content (AvgIpc) is 2.30. The summed E-state index contributed by atoms with van der Waals surface area (Å²) in [6, 6.07) is 5.02. The lowest BCUT2D eigenvalue weighted by Crippen LogP contribution is -2.38. The molecule has 1 rings (SSSR count). The Hall–Kier alpha value is -0.450. The predicted molar refractivity (Wildman–Crippen MR) is 71.4 cm³/mol. The molecule has 2 atom stereocenters. The molecule has 0 amide bonds. The van der Waals surface area contributed by atoms with Gasteiger partial charge in [0.1, 0.15) is 5.82 Å². The molecule has 0 fully saturated rings. The van der Waals surface area contributed by atoms with Gasteiger partial charge in [-0.15, -0.1) is 0 Å². The number of benzene rings is 1. The highest BCUT2D eigenvalue weighted by Crippen LogP contribution is 2.21. The normalized spacial score (nSPS) is 16.6. The summed E-state index contributed by atoms with van der Waals surface area (Å²) in [7, 11) is 0. The van der Waals surface area contributed by atoms with Gasteiger partial charge < -0.3 is 10.4 Å². The van der Waals surface area contributed by atoms with Crippen LogP contribution >= 0.6 is 15.9 Å². The molecule has 0 aromatic heterocycles. The molecule has 2 unspecified atom stereocenters. The van der Waals surface area contributed by atoms with Crippen LogP contribution in [0.1, 0.15) is 38.8 Å². The van der Waals surface area contributed by atoms with Crippen molar-refractivity contribution in [1.29, 1.82) is 0 Å². The zero-order valence-electron chi connectivity index (χ0n) is 10.4. The van der Waals surface area contributed by atoms with E-state index in [1.165, 1.54) is 6.07 Å². The second kappa shape index (κ2) is 5.94. The second-order valence-electron chi connectivity index (χ2n) is 4.63. The standard InChI is InChI=1S/C13H19BrFNO/c1-4-13(3,17)8-16-9(2)10-5-6-12(15)11(14)7-10/h5-7,9,16-17H,4,8H2,1-3H3. The van der Waals surface area contributed by atoms with Crippen molar-refractivity contribution in [2.45, 2.75) is 38.8 Å². The van der Waals surface area contributed by atoms with Gasteiger partial charge in [-0.1, -0.05) is 13.0 Å². The van der Waals surface area contributed by atoms with Gasteiger partial charge >= 0.3 is 0 Å². The van der Waals surface area contributed by atoms with Crippen molar-refractivity contribution in [3.05, 3.63) is 34.1 Å². The van der Waals surface area contributed by atoms with Gasteiger partial charge in [0.2, 0.25) is 0 Å². The zero-order chi connectivity index (χ0) is 13.1. The fourth-order valence-corrected chi connectivity index (χ4v) is 1.79. The molecule has 0 bridgehead atoms. The quantitative estimate of drug-likeness (QED) is 0.874. The number of halogens is 2. The lowest BCUT2D eigenvalue weighted by atomic mass is 10.0. The number of hydrogen-bond acceptors (Lipinski definition) is 2. The molecule has 0 heterocycles. The fourth-order valence-electron chi connectivity index (χ4n) is 1.40. The summed E-state index contributed by atoms with van der Waals surface area (Å²) in [5.41, 5.74) is 0.288. The molecule has 0 spiro atoms. The van der Waals surface area contributed by atoms with Crippen molar-refractivity contribution in [2.75, 3.05) is 6.54 Å². The zero-order valence-corrected chi connectivity index (χ0v) is 12.0. The Morgan fingerprint density at radius 2 is 2.18 bits per heavy atom. The maximum Gasteiger partial charge on any atom is 0.137 e. The number of nitrogens with one attached hydrogen (secondary N) is 1. The molecule has 17 heavy (non-hydrogen) atoms. The number of rotatable bonds is 5. The Bertz CT molecular complexity index is 382. The Kier molecular flexibility index (Phi) is 5.10. The van der Waals surface area contributed by atoms with Crippen molar-refractivity contribution >= 4 is 15.9 Å². The monoisotopic (exact) mass is 303 g/mol. The van der Waals surface area contributed by atoms with Gasteiger partial charge in [0, 0.05) is 12.6 Å². The van der Waals surface area contributed by atoms with Crippen LogP contribution in [-0.4, -0.2) is 17.3 Å². The van der Waals surface area contributed by atoms with E-state index in [0.717, 1.165) is 5.56 Å². The lowest BCUT2D eigenvalue weighted by molar-refractivity contribution is 0.0533. The largest absolute Gasteiger partial charge is 0.389 e. The molecule has 0 aliphatic heterocycles. The molecule has 2 N–H and O–H groups in total. The van der Waals surface area contributed by atoms with Crippen LogP contribution < -0.4 is 5.32 Å². The Labute approximate surface area is 110 Å². The van der Waals surface area contributed by atoms with Crippen molar-refractivity contribution in [1.82, 2.24) is 5.32 Å². The molecule has 0 radical (unpaired) electrons. The fraction of sp³-hybridized carbons (Fsp3) is 0.538. The molecule has 0 saturated heterocycles. The summed E-state index contributed by atoms with van der Waals surface area (Å²) in [5.74, 6) is -0.262. The van der Waals surface area contributed by atoms with E-state index in [2.05, 4.69) is 21.2 Å². The highest BCUT2D eigenvalue weighted by molar-refractivity contribution is 9.10. The molecule has 0 saturated carbocycles. The van der Waals surface area contributed by atoms with Gasteiger partial charge in [-0.2, -0.15) is 0 Å². The van der Waals surface area contributed by atoms with Crippen LogP contribution in [0.2, 0.25) is 0 Å². The van der Waals surface area contributed by atoms with Crippen LogP contribution in [0.4, 0.5) is 4.39 Å². The SMILES string of the molecule is CCC(C)(O)CNC(C)c1ccc(F)c(Br)c1. The maximum atomic E-state index is 13.1. The third kappa shape index (κ3) is 4.37. The first-order chi connectivity index (χ1) is 7.85. The van der Waals surface area contributed by atoms with E-state index in [1.54, 1.807) is 19.1 Å². The molecule has 96 valence electrons. The molecule has 2 nitrogen and oxygen atoms in total. The van der Waals surface area contributed by atoms with E-state index in [1.807, 2.05) is 13.8 Å². The Balaban J connectivity index is 2.64. The van der Waals surface area contributed by atoms with E-state index in [-0.39, 0.29) is 11.9 Å². The molecular weight excluding hydrogens is 285 g/mol. The Morgan fingerprint density at radius 3 is 2.71 bits per heavy atom. The van der Waals surface area contributed by atoms with E-state index in [4.69, 9.17) is 0 Å². The minimum Gasteiger partial charge on any atom is -0.389 e. The first-order valence-corrected chi connectivity index (χ1v) is 6.56. The highest BCUT2D eigenvalue weighted by atomic mass is 79.9. The van der Waals surface area contributed by atoms with Gasteiger partial charge in [0.05, 0.1) is 10.1 Å². The minimum absolute atomic E-state index is 0.0740. The van der Waals surface area contributed by atoms with Crippen molar-refractivity contribution < 1.29 is 9.50 Å². The Morgan fingerprint density at radius 1 is 1.53 bits per heavy atom. The van der Waals surface area contributed by atoms with Crippen LogP contribution in [0.15, 0.2) is 22.7 Å². The van der Waals surface area contributed by atoms with Gasteiger partial charge in [0.25, 0.3) is 0 Å². The summed E-state index contributed by atoms with van der Waals surface area (Å²) in [4.78, 5) is 0. The number of hydrogen-bond donors (Lipinski definition) is 2. The summed E-state index contributed by atoms with van der Waals surface area (Å²) in [6.07, 6.45) is 0.694. The number of aliphatic hydroxyl groups is 1. The van der Waals surface area contributed by atoms with Crippen LogP contribution in [0.25, 0.3) is 0 Å². The molecule has 4 heteroatoms. The first kappa shape index (κ1) is 14.6. The van der Waals surface area contributed by atoms with Crippen LogP contribution in [-0.2, 0) is 0 Å². The van der Waals surface area contributed by atoms with Gasteiger partial charge in [-0.3, -0.25) is 0 Å². The second-order valence-corrected chi connectivity index (χ2v) is 5.48. The molecule has 0 aliphatic rings. The smallest absolute Gasteiger partial charge is 0.137 e. The van der Waals surface area contributed by atoms with Crippen LogP contribution in [0.3, 0.4) is 0 Å². The first-order valence-electron chi connectivity index (χ1n) is 5.76.